The van der Waals surface area contributed by atoms with E-state index in [-0.39, 0.29) is 32.2 Å². The Morgan fingerprint density at radius 3 is 1.12 bits per heavy atom. The van der Waals surface area contributed by atoms with Crippen molar-refractivity contribution in [2.24, 2.45) is 0 Å². The molecule has 76 heavy (non-hydrogen) atoms. The molecule has 0 aliphatic carbocycles. The average Bonchev–Trinajstić information content (AvgIpc) is 3.39. The molecule has 0 aliphatic rings. The predicted octanol–water partition coefficient (Wildman–Crippen LogP) is 19.0. The van der Waals surface area contributed by atoms with Gasteiger partial charge in [-0.25, -0.2) is 4.79 Å². The van der Waals surface area contributed by atoms with Gasteiger partial charge in [0.05, 0.1) is 34.4 Å². The third-order valence-corrected chi connectivity index (χ3v) is 13.7. The van der Waals surface area contributed by atoms with Crippen molar-refractivity contribution in [2.75, 3.05) is 47.5 Å². The summed E-state index contributed by atoms with van der Waals surface area (Å²) in [5.74, 6) is -2.02. The number of rotatable bonds is 58. The number of likely N-dealkylation sites (N-methyl/N-ethyl adjacent to an activating group) is 1. The zero-order valence-electron chi connectivity index (χ0n) is 50.2. The molecule has 0 aliphatic heterocycles. The average molecular weight is 1070 g/mol. The van der Waals surface area contributed by atoms with Gasteiger partial charge in [-0.3, -0.25) is 9.59 Å². The Bertz CT molecular complexity index is 1470. The van der Waals surface area contributed by atoms with Gasteiger partial charge in [-0.1, -0.05) is 273 Å². The highest BCUT2D eigenvalue weighted by molar-refractivity contribution is 5.71. The van der Waals surface area contributed by atoms with Crippen LogP contribution in [-0.2, 0) is 33.3 Å². The van der Waals surface area contributed by atoms with Crippen molar-refractivity contribution >= 4 is 17.9 Å². The van der Waals surface area contributed by atoms with Crippen molar-refractivity contribution in [3.05, 3.63) is 72.9 Å². The van der Waals surface area contributed by atoms with Crippen molar-refractivity contribution in [1.82, 2.24) is 0 Å². The lowest BCUT2D eigenvalue weighted by molar-refractivity contribution is -0.870. The van der Waals surface area contributed by atoms with E-state index in [0.29, 0.717) is 23.9 Å². The second kappa shape index (κ2) is 57.9. The summed E-state index contributed by atoms with van der Waals surface area (Å²) in [4.78, 5) is 37.5. The first-order valence-electron chi connectivity index (χ1n) is 31.6. The van der Waals surface area contributed by atoms with Gasteiger partial charge in [0.2, 0.25) is 0 Å². The van der Waals surface area contributed by atoms with Crippen LogP contribution in [0.15, 0.2) is 72.9 Å². The highest BCUT2D eigenvalue weighted by atomic mass is 16.7. The van der Waals surface area contributed by atoms with Crippen LogP contribution < -0.4 is 0 Å². The van der Waals surface area contributed by atoms with Crippen LogP contribution in [0.1, 0.15) is 277 Å². The Balaban J connectivity index is 4.21. The monoisotopic (exact) mass is 1070 g/mol. The van der Waals surface area contributed by atoms with Gasteiger partial charge in [0.25, 0.3) is 6.29 Å². The fraction of sp³-hybridized carbons (Fsp3) is 0.776. The molecular weight excluding hydrogens is 947 g/mol. The third-order valence-electron chi connectivity index (χ3n) is 13.7. The number of hydrogen-bond donors (Lipinski definition) is 1. The van der Waals surface area contributed by atoms with Gasteiger partial charge in [-0.2, -0.15) is 0 Å². The first-order valence-corrected chi connectivity index (χ1v) is 31.6. The van der Waals surface area contributed by atoms with E-state index in [1.807, 2.05) is 21.1 Å². The lowest BCUT2D eigenvalue weighted by Gasteiger charge is -2.25. The van der Waals surface area contributed by atoms with E-state index in [1.54, 1.807) is 0 Å². The number of esters is 2. The molecule has 2 unspecified atom stereocenters. The molecule has 9 nitrogen and oxygen atoms in total. The number of nitrogens with zero attached hydrogens (tertiary/aromatic N) is 1. The second-order valence-electron chi connectivity index (χ2n) is 22.3. The number of allylic oxidation sites excluding steroid dienone is 12. The Kier molecular flexibility index (Phi) is 55.4. The highest BCUT2D eigenvalue weighted by Crippen LogP contribution is 2.17. The van der Waals surface area contributed by atoms with Gasteiger partial charge in [-0.05, 0) is 64.2 Å². The van der Waals surface area contributed by atoms with E-state index in [1.165, 1.54) is 148 Å². The molecule has 0 aromatic carbocycles. The largest absolute Gasteiger partial charge is 0.477 e. The molecule has 0 amide bonds. The Morgan fingerprint density at radius 1 is 0.408 bits per heavy atom. The summed E-state index contributed by atoms with van der Waals surface area (Å²) in [6.45, 7) is 4.78. The molecule has 0 fully saturated rings. The third kappa shape index (κ3) is 58.4. The number of ether oxygens (including phenoxy) is 4. The van der Waals surface area contributed by atoms with E-state index in [2.05, 4.69) is 86.8 Å². The zero-order chi connectivity index (χ0) is 55.5. The van der Waals surface area contributed by atoms with Gasteiger partial charge >= 0.3 is 17.9 Å². The molecule has 0 aromatic heterocycles. The van der Waals surface area contributed by atoms with Crippen LogP contribution in [0.5, 0.6) is 0 Å². The summed E-state index contributed by atoms with van der Waals surface area (Å²) in [7, 11) is 5.97. The quantitative estimate of drug-likeness (QED) is 0.0211. The van der Waals surface area contributed by atoms with Gasteiger partial charge < -0.3 is 28.5 Å². The maximum Gasteiger partial charge on any atom is 0.361 e. The number of unbranched alkanes of at least 4 members (excludes halogenated alkanes) is 31. The fourth-order valence-corrected chi connectivity index (χ4v) is 8.90. The molecule has 9 heteroatoms. The molecule has 1 N–H and O–H groups in total. The van der Waals surface area contributed by atoms with Crippen LogP contribution in [0.4, 0.5) is 0 Å². The molecule has 0 saturated heterocycles. The summed E-state index contributed by atoms with van der Waals surface area (Å²) < 4.78 is 22.9. The van der Waals surface area contributed by atoms with Gasteiger partial charge in [-0.15, -0.1) is 0 Å². The summed E-state index contributed by atoms with van der Waals surface area (Å²) in [5, 5.41) is 9.72. The van der Waals surface area contributed by atoms with Gasteiger partial charge in [0, 0.05) is 12.8 Å². The van der Waals surface area contributed by atoms with Crippen LogP contribution >= 0.6 is 0 Å². The Morgan fingerprint density at radius 2 is 0.750 bits per heavy atom. The molecule has 0 heterocycles. The number of quaternary nitrogens is 1. The number of hydrogen-bond acceptors (Lipinski definition) is 7. The molecular formula is C67H120NO8+. The lowest BCUT2D eigenvalue weighted by Crippen LogP contribution is -2.40. The summed E-state index contributed by atoms with van der Waals surface area (Å²) in [5.41, 5.74) is 0. The Hall–Kier alpha value is -3.27. The molecule has 0 aromatic rings. The number of aliphatic carboxylic acids is 1. The highest BCUT2D eigenvalue weighted by Gasteiger charge is 2.25. The van der Waals surface area contributed by atoms with E-state index in [0.717, 1.165) is 96.3 Å². The Labute approximate surface area is 468 Å². The maximum absolute atomic E-state index is 12.9. The van der Waals surface area contributed by atoms with Crippen molar-refractivity contribution < 1.29 is 42.9 Å². The van der Waals surface area contributed by atoms with Crippen molar-refractivity contribution in [3.63, 3.8) is 0 Å². The zero-order valence-corrected chi connectivity index (χ0v) is 50.2. The number of carbonyl (C=O) groups excluding carboxylic acids is 2. The molecule has 0 radical (unpaired) electrons. The minimum atomic E-state index is -1.52. The lowest BCUT2D eigenvalue weighted by atomic mass is 10.0. The fourth-order valence-electron chi connectivity index (χ4n) is 8.90. The van der Waals surface area contributed by atoms with Crippen LogP contribution in [0, 0.1) is 0 Å². The van der Waals surface area contributed by atoms with Crippen LogP contribution in [0.3, 0.4) is 0 Å². The van der Waals surface area contributed by atoms with Gasteiger partial charge in [0.15, 0.2) is 6.10 Å². The molecule has 0 saturated carbocycles. The standard InChI is InChI=1S/C67H119NO8/c1-6-8-10-12-14-16-18-20-22-24-26-28-30-32-34-35-37-39-41-43-45-47-49-51-53-55-57-64(69)74-61-63(62-75-67(66(71)72)73-60-59-68(3,4)5)76-65(70)58-56-54-52-50-48-46-44-42-40-38-36-33-31-29-27-25-23-21-19-17-15-13-11-9-7-2/h9,11,15,17,21,23,27,29,33,36,40,42,63,67H,6-8,10,12-14,16,18-20,22,24-26,28,30-32,34-35,37-39,41,43-62H2,1-5H3/p+1/b11-9-,17-15-,23-21-,29-27-,36-33-,42-40-. The van der Waals surface area contributed by atoms with E-state index in [4.69, 9.17) is 18.9 Å². The number of carboxylic acids is 1. The van der Waals surface area contributed by atoms with Crippen molar-refractivity contribution in [3.8, 4) is 0 Å². The van der Waals surface area contributed by atoms with Gasteiger partial charge in [0.1, 0.15) is 13.2 Å². The molecule has 0 bridgehead atoms. The summed E-state index contributed by atoms with van der Waals surface area (Å²) in [6.07, 6.45) is 72.8. The topological polar surface area (TPSA) is 108 Å². The minimum absolute atomic E-state index is 0.183. The minimum Gasteiger partial charge on any atom is -0.477 e. The van der Waals surface area contributed by atoms with Crippen molar-refractivity contribution in [2.45, 2.75) is 289 Å². The maximum atomic E-state index is 12.9. The molecule has 0 spiro atoms. The van der Waals surface area contributed by atoms with Crippen LogP contribution in [0.2, 0.25) is 0 Å². The molecule has 0 rings (SSSR count). The molecule has 2 atom stereocenters. The molecule has 440 valence electrons. The van der Waals surface area contributed by atoms with E-state index < -0.39 is 24.3 Å². The smallest absolute Gasteiger partial charge is 0.361 e. The first-order chi connectivity index (χ1) is 37.1. The number of carbonyl (C=O) groups is 3. The van der Waals surface area contributed by atoms with Crippen LogP contribution in [0.25, 0.3) is 0 Å². The summed E-state index contributed by atoms with van der Waals surface area (Å²) >= 11 is 0. The SMILES string of the molecule is CC/C=C\C/C=C\C/C=C\C/C=C\C/C=C\C/C=C\CCCCCCCCC(=O)OC(COC(=O)CCCCCCCCCCCCCCCCCCCCCCCCCCCC)COC(OCC[N+](C)(C)C)C(=O)O. The van der Waals surface area contributed by atoms with Crippen LogP contribution in [-0.4, -0.2) is 87.4 Å². The summed E-state index contributed by atoms with van der Waals surface area (Å²) in [6, 6.07) is 0. The number of carboxylic acid groups (broad SMARTS) is 1. The van der Waals surface area contributed by atoms with Crippen molar-refractivity contribution in [1.29, 1.82) is 0 Å². The first kappa shape index (κ1) is 72.7. The predicted molar refractivity (Wildman–Crippen MR) is 323 cm³/mol. The van der Waals surface area contributed by atoms with E-state index >= 15 is 0 Å². The normalized spacial score (nSPS) is 13.2. The second-order valence-corrected chi connectivity index (χ2v) is 22.3. The van der Waals surface area contributed by atoms with E-state index in [9.17, 15) is 19.5 Å².